The molecule has 0 spiro atoms. The van der Waals surface area contributed by atoms with E-state index >= 15 is 0 Å². The molecule has 1 saturated heterocycles. The van der Waals surface area contributed by atoms with Crippen LogP contribution in [0, 0.1) is 11.8 Å². The van der Waals surface area contributed by atoms with E-state index in [2.05, 4.69) is 32.1 Å². The van der Waals surface area contributed by atoms with Crippen LogP contribution in [0.25, 0.3) is 32.9 Å². The average molecular weight is 600 g/mol. The van der Waals surface area contributed by atoms with Crippen molar-refractivity contribution >= 4 is 21.8 Å². The maximum absolute atomic E-state index is 14.1. The largest absolute Gasteiger partial charge is 0.489 e. The van der Waals surface area contributed by atoms with E-state index in [0.717, 1.165) is 41.0 Å². The first kappa shape index (κ1) is 28.1. The summed E-state index contributed by atoms with van der Waals surface area (Å²) in [5, 5.41) is 5.10. The Morgan fingerprint density at radius 2 is 1.73 bits per heavy atom. The summed E-state index contributed by atoms with van der Waals surface area (Å²) in [6.07, 6.45) is 2.34. The second-order valence-corrected chi connectivity index (χ2v) is 11.0. The third-order valence-corrected chi connectivity index (χ3v) is 8.02. The molecule has 1 N–H and O–H groups in total. The van der Waals surface area contributed by atoms with Crippen molar-refractivity contribution < 1.29 is 27.4 Å². The van der Waals surface area contributed by atoms with Crippen LogP contribution >= 0.6 is 0 Å². The van der Waals surface area contributed by atoms with E-state index in [0.29, 0.717) is 42.0 Å². The molecule has 1 aliphatic heterocycles. The lowest BCUT2D eigenvalue weighted by Gasteiger charge is -2.35. The van der Waals surface area contributed by atoms with Gasteiger partial charge in [-0.2, -0.15) is 13.2 Å². The zero-order chi connectivity index (χ0) is 30.3. The molecule has 1 saturated carbocycles. The van der Waals surface area contributed by atoms with Crippen LogP contribution in [0.2, 0.25) is 0 Å². The number of hydrogen-bond acceptors (Lipinski definition) is 7. The van der Waals surface area contributed by atoms with E-state index in [1.54, 1.807) is 36.8 Å². The van der Waals surface area contributed by atoms with Crippen LogP contribution in [0.4, 0.5) is 13.2 Å². The van der Waals surface area contributed by atoms with Crippen LogP contribution in [0.1, 0.15) is 24.1 Å². The number of rotatable bonds is 7. The van der Waals surface area contributed by atoms with Gasteiger partial charge in [0.15, 0.2) is 0 Å². The summed E-state index contributed by atoms with van der Waals surface area (Å²) in [7, 11) is 1.92. The minimum absolute atomic E-state index is 0.195. The molecule has 0 bridgehead atoms. The Morgan fingerprint density at radius 1 is 0.886 bits per heavy atom. The summed E-state index contributed by atoms with van der Waals surface area (Å²) in [6, 6.07) is 12.1. The Morgan fingerprint density at radius 3 is 2.48 bits per heavy atom. The third-order valence-electron chi connectivity index (χ3n) is 8.02. The Hall–Kier alpha value is -4.66. The lowest BCUT2D eigenvalue weighted by Crippen LogP contribution is -2.48. The summed E-state index contributed by atoms with van der Waals surface area (Å²) in [6.45, 7) is 2.06. The number of nitrogens with one attached hydrogen (secondary N) is 1. The quantitative estimate of drug-likeness (QED) is 0.246. The first-order valence-corrected chi connectivity index (χ1v) is 14.3. The smallest absolute Gasteiger partial charge is 0.421 e. The fraction of sp³-hybridized carbons (Fsp3) is 0.303. The van der Waals surface area contributed by atoms with Gasteiger partial charge >= 0.3 is 6.18 Å². The highest BCUT2D eigenvalue weighted by atomic mass is 19.4. The molecule has 0 radical (unpaired) electrons. The first-order chi connectivity index (χ1) is 21.3. The number of fused-ring (bicyclic) bond motifs is 3. The molecule has 2 fully saturated rings. The molecule has 44 heavy (non-hydrogen) atoms. The van der Waals surface area contributed by atoms with Crippen molar-refractivity contribution in [1.29, 1.82) is 0 Å². The van der Waals surface area contributed by atoms with Gasteiger partial charge in [0.25, 0.3) is 0 Å². The van der Waals surface area contributed by atoms with Crippen LogP contribution in [0.15, 0.2) is 67.3 Å². The highest BCUT2D eigenvalue weighted by molar-refractivity contribution is 6.08. The third kappa shape index (κ3) is 5.66. The van der Waals surface area contributed by atoms with Crippen molar-refractivity contribution in [3.05, 3.63) is 78.5 Å². The number of hydrogen-bond donors (Lipinski definition) is 1. The van der Waals surface area contributed by atoms with Gasteiger partial charge in [-0.1, -0.05) is 18.1 Å². The molecular weight excluding hydrogens is 571 g/mol. The standard InChI is InChI=1S/C33H28F3N5O3/c1-41-30-8-9-37-19-28(30)27-7-4-20(12-31(27)41)21-11-29(33(34,35)36)32(40-15-21)44-25-13-24(14-25)43-23-6-5-22(39-18-23)3-2-10-42-26-16-38-17-26/h4-9,11-12,15,18-19,24-26,38H,10,13-14,16-17H2,1H3. The number of pyridine rings is 3. The van der Waals surface area contributed by atoms with E-state index in [-0.39, 0.29) is 12.2 Å². The molecule has 7 rings (SSSR count). The SMILES string of the molecule is Cn1c2ccncc2c2ccc(-c3cnc(OC4CC(Oc5ccc(C#CCOC6CNC6)nc5)C4)c(C(F)(F)F)c3)cc21. The summed E-state index contributed by atoms with van der Waals surface area (Å²) >= 11 is 0. The number of halogens is 3. The van der Waals surface area contributed by atoms with Gasteiger partial charge in [0.2, 0.25) is 5.88 Å². The van der Waals surface area contributed by atoms with Gasteiger partial charge in [-0.05, 0) is 41.8 Å². The molecular formula is C33H28F3N5O3. The van der Waals surface area contributed by atoms with Crippen LogP contribution < -0.4 is 14.8 Å². The molecule has 224 valence electrons. The topological polar surface area (TPSA) is 83.3 Å². The summed E-state index contributed by atoms with van der Waals surface area (Å²) < 4.78 is 61.6. The van der Waals surface area contributed by atoms with Gasteiger partial charge < -0.3 is 24.1 Å². The zero-order valence-corrected chi connectivity index (χ0v) is 23.8. The number of nitrogens with zero attached hydrogens (tertiary/aromatic N) is 4. The van der Waals surface area contributed by atoms with E-state index in [1.165, 1.54) is 6.20 Å². The van der Waals surface area contributed by atoms with Gasteiger partial charge in [0, 0.05) is 73.4 Å². The minimum Gasteiger partial charge on any atom is -0.489 e. The predicted molar refractivity (Wildman–Crippen MR) is 158 cm³/mol. The van der Waals surface area contributed by atoms with E-state index in [9.17, 15) is 13.2 Å². The van der Waals surface area contributed by atoms with Crippen molar-refractivity contribution in [3.63, 3.8) is 0 Å². The molecule has 0 atom stereocenters. The fourth-order valence-electron chi connectivity index (χ4n) is 5.39. The summed E-state index contributed by atoms with van der Waals surface area (Å²) in [5.41, 5.74) is 2.57. The molecule has 1 aromatic carbocycles. The Bertz CT molecular complexity index is 1890. The molecule has 4 aromatic heterocycles. The van der Waals surface area contributed by atoms with E-state index < -0.39 is 23.7 Å². The van der Waals surface area contributed by atoms with Crippen molar-refractivity contribution in [2.45, 2.75) is 37.3 Å². The highest BCUT2D eigenvalue weighted by Crippen LogP contribution is 2.40. The second kappa shape index (κ2) is 11.4. The number of aryl methyl sites for hydroxylation is 1. The van der Waals surface area contributed by atoms with Crippen molar-refractivity contribution in [2.24, 2.45) is 7.05 Å². The summed E-state index contributed by atoms with van der Waals surface area (Å²) in [5.74, 6) is 6.04. The second-order valence-electron chi connectivity index (χ2n) is 11.0. The minimum atomic E-state index is -4.63. The van der Waals surface area contributed by atoms with Crippen LogP contribution in [-0.2, 0) is 18.0 Å². The lowest BCUT2D eigenvalue weighted by atomic mass is 9.92. The maximum atomic E-state index is 14.1. The molecule has 8 nitrogen and oxygen atoms in total. The Kier molecular flexibility index (Phi) is 7.32. The van der Waals surface area contributed by atoms with Crippen molar-refractivity contribution in [1.82, 2.24) is 24.8 Å². The van der Waals surface area contributed by atoms with Crippen LogP contribution in [-0.4, -0.2) is 57.5 Å². The van der Waals surface area contributed by atoms with Gasteiger partial charge in [0.1, 0.15) is 35.8 Å². The molecule has 5 heterocycles. The molecule has 5 aromatic rings. The summed E-state index contributed by atoms with van der Waals surface area (Å²) in [4.78, 5) is 12.6. The highest BCUT2D eigenvalue weighted by Gasteiger charge is 2.39. The maximum Gasteiger partial charge on any atom is 0.421 e. The monoisotopic (exact) mass is 599 g/mol. The normalized spacial score (nSPS) is 18.4. The predicted octanol–water partition coefficient (Wildman–Crippen LogP) is 5.53. The number of alkyl halides is 3. The Labute approximate surface area is 251 Å². The van der Waals surface area contributed by atoms with Gasteiger partial charge in [-0.3, -0.25) is 4.98 Å². The zero-order valence-electron chi connectivity index (χ0n) is 23.8. The molecule has 1 aliphatic carbocycles. The first-order valence-electron chi connectivity index (χ1n) is 14.3. The van der Waals surface area contributed by atoms with Gasteiger partial charge in [-0.25, -0.2) is 9.97 Å². The number of aromatic nitrogens is 4. The number of ether oxygens (including phenoxy) is 3. The van der Waals surface area contributed by atoms with Gasteiger partial charge in [0.05, 0.1) is 17.8 Å². The van der Waals surface area contributed by atoms with Crippen molar-refractivity contribution in [2.75, 3.05) is 19.7 Å². The van der Waals surface area contributed by atoms with Crippen LogP contribution in [0.5, 0.6) is 11.6 Å². The molecule has 0 amide bonds. The van der Waals surface area contributed by atoms with E-state index in [1.807, 2.05) is 29.8 Å². The average Bonchev–Trinajstić information content (AvgIpc) is 3.26. The van der Waals surface area contributed by atoms with Crippen LogP contribution in [0.3, 0.4) is 0 Å². The Balaban J connectivity index is 0.996. The molecule has 11 heteroatoms. The van der Waals surface area contributed by atoms with E-state index in [4.69, 9.17) is 14.2 Å². The number of benzene rings is 1. The molecule has 0 unspecified atom stereocenters. The van der Waals surface area contributed by atoms with Crippen molar-refractivity contribution in [3.8, 4) is 34.6 Å². The lowest BCUT2D eigenvalue weighted by molar-refractivity contribution is -0.140. The molecule has 2 aliphatic rings. The van der Waals surface area contributed by atoms with Gasteiger partial charge in [-0.15, -0.1) is 0 Å². The fourth-order valence-corrected chi connectivity index (χ4v) is 5.39.